The van der Waals surface area contributed by atoms with Crippen LogP contribution in [0.4, 0.5) is 5.13 Å². The predicted octanol–water partition coefficient (Wildman–Crippen LogP) is -0.916. The number of H-pyrrole nitrogens is 1. The van der Waals surface area contributed by atoms with Gasteiger partial charge >= 0.3 is 17.1 Å². The van der Waals surface area contributed by atoms with Gasteiger partial charge in [0, 0.05) is 12.4 Å². The minimum absolute atomic E-state index is 0.0123. The summed E-state index contributed by atoms with van der Waals surface area (Å²) >= 11 is 2.91. The molecule has 36 heavy (non-hydrogen) atoms. The number of hydrogen-bond acceptors (Lipinski definition) is 13. The fraction of sp³-hybridized carbons (Fsp3) is 0.333. The van der Waals surface area contributed by atoms with E-state index in [1.807, 2.05) is 0 Å². The van der Waals surface area contributed by atoms with E-state index >= 15 is 0 Å². The Kier molecular flexibility index (Phi) is 6.67. The third-order valence-electron chi connectivity index (χ3n) is 5.12. The van der Waals surface area contributed by atoms with Gasteiger partial charge in [-0.15, -0.1) is 28.2 Å². The number of nitrogens with zero attached hydrogens (tertiary/aromatic N) is 5. The maximum absolute atomic E-state index is 13.3. The summed E-state index contributed by atoms with van der Waals surface area (Å²) in [5.74, 6) is -2.61. The van der Waals surface area contributed by atoms with Crippen LogP contribution in [0.3, 0.4) is 0 Å². The third-order valence-corrected chi connectivity index (χ3v) is 8.70. The summed E-state index contributed by atoms with van der Waals surface area (Å²) in [4.78, 5) is 70.2. The Morgan fingerprint density at radius 2 is 2.14 bits per heavy atom. The number of aromatic amines is 1. The molecule has 0 aliphatic carbocycles. The van der Waals surface area contributed by atoms with Crippen molar-refractivity contribution < 1.29 is 24.3 Å². The Bertz CT molecular complexity index is 1460. The number of carboxylic acid groups (broad SMARTS) is 1. The molecule has 0 bridgehead atoms. The fourth-order valence-electron chi connectivity index (χ4n) is 3.45. The number of aliphatic carboxylic acids is 1. The number of nitrogens with one attached hydrogen (secondary N) is 2. The highest BCUT2D eigenvalue weighted by Crippen LogP contribution is 2.53. The Morgan fingerprint density at radius 3 is 2.72 bits per heavy atom. The van der Waals surface area contributed by atoms with Gasteiger partial charge in [0.1, 0.15) is 23.4 Å². The Morgan fingerprint density at radius 1 is 1.42 bits per heavy atom. The minimum atomic E-state index is -1.44. The molecule has 15 nitrogen and oxygen atoms in total. The number of nitrogens with two attached hydrogens (primary N) is 1. The number of thioether (sulfide) groups is 2. The molecule has 4 heterocycles. The maximum Gasteiger partial charge on any atom is 0.353 e. The number of carbonyl (C=O) groups is 3. The number of hydrogen-bond donors (Lipinski definition) is 4. The molecule has 2 aromatic rings. The number of amides is 2. The van der Waals surface area contributed by atoms with Crippen LogP contribution in [0.5, 0.6) is 0 Å². The van der Waals surface area contributed by atoms with Crippen molar-refractivity contribution in [1.29, 1.82) is 0 Å². The summed E-state index contributed by atoms with van der Waals surface area (Å²) in [6.07, 6.45) is 0.0574. The van der Waals surface area contributed by atoms with E-state index in [1.165, 1.54) is 19.5 Å². The first-order valence-electron chi connectivity index (χ1n) is 9.93. The lowest BCUT2D eigenvalue weighted by Gasteiger charge is -2.50. The molecule has 0 saturated carbocycles. The summed E-state index contributed by atoms with van der Waals surface area (Å²) in [6, 6.07) is 0. The van der Waals surface area contributed by atoms with Gasteiger partial charge in [-0.25, -0.2) is 14.9 Å². The molecule has 4 rings (SSSR count). The second-order valence-electron chi connectivity index (χ2n) is 7.51. The maximum atomic E-state index is 13.3. The lowest BCUT2D eigenvalue weighted by atomic mass is 10.1. The van der Waals surface area contributed by atoms with Crippen LogP contribution in [0.2, 0.25) is 0 Å². The number of fused-ring (bicyclic) bond motifs is 1. The first-order chi connectivity index (χ1) is 17.0. The largest absolute Gasteiger partial charge is 0.477 e. The van der Waals surface area contributed by atoms with E-state index in [4.69, 9.17) is 10.6 Å². The summed E-state index contributed by atoms with van der Waals surface area (Å²) < 4.78 is 0.933. The topological polar surface area (TPSA) is 215 Å². The normalized spacial score (nSPS) is 21.6. The molecule has 18 heteroatoms. The van der Waals surface area contributed by atoms with E-state index in [0.29, 0.717) is 11.8 Å². The molecule has 1 saturated heterocycles. The molecule has 2 aliphatic rings. The van der Waals surface area contributed by atoms with Crippen LogP contribution in [-0.4, -0.2) is 70.6 Å². The third kappa shape index (κ3) is 4.37. The van der Waals surface area contributed by atoms with E-state index < -0.39 is 39.1 Å². The number of thiazole rings is 1. The van der Waals surface area contributed by atoms with Gasteiger partial charge in [0.2, 0.25) is 5.91 Å². The van der Waals surface area contributed by atoms with Crippen LogP contribution in [0, 0.1) is 0 Å². The molecular formula is C18H18N8O7S3. The first-order valence-corrected chi connectivity index (χ1v) is 12.5. The number of β-lactam (4-membered cyclic amide) rings is 1. The van der Waals surface area contributed by atoms with Crippen LogP contribution in [0.25, 0.3) is 0 Å². The van der Waals surface area contributed by atoms with Crippen molar-refractivity contribution >= 4 is 63.5 Å². The molecule has 2 amide bonds. The minimum Gasteiger partial charge on any atom is -0.477 e. The molecule has 190 valence electrons. The van der Waals surface area contributed by atoms with Crippen LogP contribution in [0.15, 0.2) is 35.9 Å². The molecule has 0 spiro atoms. The molecule has 2 aromatic heterocycles. The van der Waals surface area contributed by atoms with E-state index in [2.05, 4.69) is 25.7 Å². The highest BCUT2D eigenvalue weighted by atomic mass is 32.2. The molecule has 1 fully saturated rings. The van der Waals surface area contributed by atoms with E-state index in [0.717, 1.165) is 32.6 Å². The first kappa shape index (κ1) is 25.5. The zero-order chi connectivity index (χ0) is 26.4. The highest BCUT2D eigenvalue weighted by molar-refractivity contribution is 8.07. The van der Waals surface area contributed by atoms with Gasteiger partial charge < -0.3 is 21.0 Å². The molecule has 0 aromatic carbocycles. The summed E-state index contributed by atoms with van der Waals surface area (Å²) in [5, 5.41) is 23.5. The van der Waals surface area contributed by atoms with Crippen molar-refractivity contribution in [3.63, 3.8) is 0 Å². The SMILES string of the molecule is CON=C(C(=O)NC1(C)S[C@@H]2CC(=O)N2C(C(=O)O)=C1Sc1n[nH]c(=O)c(=O)n1C)c1csc(N)n1. The second kappa shape index (κ2) is 9.43. The van der Waals surface area contributed by atoms with Crippen molar-refractivity contribution in [2.45, 2.75) is 28.7 Å². The van der Waals surface area contributed by atoms with Crippen molar-refractivity contribution in [2.24, 2.45) is 12.2 Å². The van der Waals surface area contributed by atoms with Crippen LogP contribution in [0.1, 0.15) is 19.0 Å². The van der Waals surface area contributed by atoms with Crippen molar-refractivity contribution in [2.75, 3.05) is 12.8 Å². The quantitative estimate of drug-likeness (QED) is 0.142. The second-order valence-corrected chi connectivity index (χ2v) is 11.0. The van der Waals surface area contributed by atoms with Gasteiger partial charge in [0.15, 0.2) is 16.0 Å². The van der Waals surface area contributed by atoms with E-state index in [1.54, 1.807) is 6.92 Å². The number of carbonyl (C=O) groups excluding carboxylic acids is 2. The number of aromatic nitrogens is 4. The van der Waals surface area contributed by atoms with E-state index in [-0.39, 0.29) is 38.7 Å². The predicted molar refractivity (Wildman–Crippen MR) is 130 cm³/mol. The van der Waals surface area contributed by atoms with Gasteiger partial charge in [-0.2, -0.15) is 0 Å². The van der Waals surface area contributed by atoms with E-state index in [9.17, 15) is 29.1 Å². The molecule has 5 N–H and O–H groups in total. The van der Waals surface area contributed by atoms with Crippen LogP contribution in [-0.2, 0) is 26.3 Å². The van der Waals surface area contributed by atoms with Gasteiger partial charge in [-0.1, -0.05) is 5.16 Å². The molecule has 1 unspecified atom stereocenters. The number of anilines is 1. The number of carboxylic acids is 1. The standard InChI is InChI=1S/C18H18N8O7S3/c1-18(21-12(28)9(24-33-3)6-5-34-16(19)20-6)11(35-17-23-22-13(29)14(30)25(17)2)10(15(31)32)26-7(27)4-8(26)36-18/h5,8H,4H2,1-3H3,(H2,19,20)(H,21,28)(H,22,29)(H,31,32)/t8-,18?/m1/s1. The smallest absolute Gasteiger partial charge is 0.353 e. The van der Waals surface area contributed by atoms with Gasteiger partial charge in [-0.05, 0) is 18.7 Å². The van der Waals surface area contributed by atoms with Crippen molar-refractivity contribution in [3.05, 3.63) is 42.4 Å². The molecular weight excluding hydrogens is 536 g/mol. The molecule has 0 radical (unpaired) electrons. The lowest BCUT2D eigenvalue weighted by molar-refractivity contribution is -0.146. The number of oxime groups is 1. The zero-order valence-corrected chi connectivity index (χ0v) is 21.2. The molecule has 2 aliphatic heterocycles. The summed E-state index contributed by atoms with van der Waals surface area (Å²) in [5.41, 5.74) is 3.33. The van der Waals surface area contributed by atoms with Gasteiger partial charge in [0.05, 0.1) is 16.7 Å². The average molecular weight is 555 g/mol. The van der Waals surface area contributed by atoms with Crippen LogP contribution < -0.4 is 22.2 Å². The van der Waals surface area contributed by atoms with Crippen molar-refractivity contribution in [3.8, 4) is 0 Å². The monoisotopic (exact) mass is 554 g/mol. The number of rotatable bonds is 7. The Balaban J connectivity index is 1.82. The zero-order valence-electron chi connectivity index (χ0n) is 18.8. The number of nitrogen functional groups attached to an aromatic ring is 1. The Labute approximate surface area is 213 Å². The van der Waals surface area contributed by atoms with Gasteiger partial charge in [0.25, 0.3) is 5.91 Å². The Hall–Kier alpha value is -3.64. The average Bonchev–Trinajstić information content (AvgIpc) is 3.23. The molecule has 2 atom stereocenters. The highest BCUT2D eigenvalue weighted by Gasteiger charge is 2.54. The summed E-state index contributed by atoms with van der Waals surface area (Å²) in [6.45, 7) is 1.55. The fourth-order valence-corrected chi connectivity index (χ4v) is 6.75. The van der Waals surface area contributed by atoms with Crippen molar-refractivity contribution in [1.82, 2.24) is 30.0 Å². The lowest BCUT2D eigenvalue weighted by Crippen LogP contribution is -2.61. The summed E-state index contributed by atoms with van der Waals surface area (Å²) in [7, 11) is 2.53. The van der Waals surface area contributed by atoms with Gasteiger partial charge in [-0.3, -0.25) is 28.6 Å². The van der Waals surface area contributed by atoms with Crippen LogP contribution >= 0.6 is 34.9 Å².